The Morgan fingerprint density at radius 1 is 1.22 bits per heavy atom. The van der Waals surface area contributed by atoms with Crippen LogP contribution in [0.3, 0.4) is 0 Å². The molecule has 27 heavy (non-hydrogen) atoms. The number of rotatable bonds is 4. The Bertz CT molecular complexity index is 853. The van der Waals surface area contributed by atoms with Crippen molar-refractivity contribution in [3.8, 4) is 5.95 Å². The highest BCUT2D eigenvalue weighted by Gasteiger charge is 2.36. The summed E-state index contributed by atoms with van der Waals surface area (Å²) in [4.78, 5) is 30.5. The fourth-order valence-corrected chi connectivity index (χ4v) is 2.88. The van der Waals surface area contributed by atoms with Crippen LogP contribution < -0.4 is 5.32 Å². The van der Waals surface area contributed by atoms with Gasteiger partial charge < -0.3 is 10.4 Å². The Balaban J connectivity index is 1.68. The van der Waals surface area contributed by atoms with Gasteiger partial charge in [-0.1, -0.05) is 0 Å². The number of aromatic nitrogens is 6. The molecule has 146 valence electrons. The molecule has 0 spiro atoms. The summed E-state index contributed by atoms with van der Waals surface area (Å²) >= 11 is 0. The molecule has 0 unspecified atom stereocenters. The molecule has 3 rings (SSSR count). The summed E-state index contributed by atoms with van der Waals surface area (Å²) in [6.07, 6.45) is -2.75. The Labute approximate surface area is 150 Å². The van der Waals surface area contributed by atoms with Gasteiger partial charge in [0.2, 0.25) is 11.6 Å². The molecule has 10 nitrogen and oxygen atoms in total. The average Bonchev–Trinajstić information content (AvgIpc) is 3.21. The predicted octanol–water partition coefficient (Wildman–Crippen LogP) is 1.09. The molecule has 0 aromatic carbocycles. The summed E-state index contributed by atoms with van der Waals surface area (Å²) in [7, 11) is 0. The van der Waals surface area contributed by atoms with E-state index in [0.29, 0.717) is 25.7 Å². The summed E-state index contributed by atoms with van der Waals surface area (Å²) in [5.74, 6) is -3.61. The van der Waals surface area contributed by atoms with Crippen molar-refractivity contribution in [2.45, 2.75) is 44.8 Å². The van der Waals surface area contributed by atoms with E-state index < -0.39 is 29.8 Å². The largest absolute Gasteiger partial charge is 0.481 e. The third kappa shape index (κ3) is 4.06. The van der Waals surface area contributed by atoms with E-state index in [4.69, 9.17) is 5.11 Å². The van der Waals surface area contributed by atoms with Crippen LogP contribution in [0.1, 0.15) is 48.0 Å². The molecule has 0 bridgehead atoms. The first kappa shape index (κ1) is 18.8. The summed E-state index contributed by atoms with van der Waals surface area (Å²) in [5.41, 5.74) is 0. The second kappa shape index (κ2) is 6.96. The maximum atomic E-state index is 12.6. The van der Waals surface area contributed by atoms with Crippen LogP contribution in [0.2, 0.25) is 0 Å². The normalized spacial score (nSPS) is 20.4. The number of nitrogens with one attached hydrogen (secondary N) is 2. The number of hydrogen-bond acceptors (Lipinski definition) is 6. The molecule has 0 saturated heterocycles. The van der Waals surface area contributed by atoms with Gasteiger partial charge in [0, 0.05) is 6.04 Å². The second-order valence-electron chi connectivity index (χ2n) is 6.24. The maximum Gasteiger partial charge on any atom is 0.451 e. The number of aryl methyl sites for hydroxylation is 1. The van der Waals surface area contributed by atoms with Crippen molar-refractivity contribution < 1.29 is 27.9 Å². The van der Waals surface area contributed by atoms with Crippen LogP contribution in [0.15, 0.2) is 0 Å². The molecule has 1 amide bonds. The minimum atomic E-state index is -4.69. The lowest BCUT2D eigenvalue weighted by Crippen LogP contribution is -2.39. The summed E-state index contributed by atoms with van der Waals surface area (Å²) in [5, 5.41) is 20.8. The van der Waals surface area contributed by atoms with Gasteiger partial charge in [-0.15, -0.1) is 10.2 Å². The highest BCUT2D eigenvalue weighted by Crippen LogP contribution is 2.26. The maximum absolute atomic E-state index is 12.6. The number of aliphatic carboxylic acids is 1. The lowest BCUT2D eigenvalue weighted by molar-refractivity contribution is -0.145. The topological polar surface area (TPSA) is 139 Å². The number of carboxylic acids is 1. The van der Waals surface area contributed by atoms with E-state index in [9.17, 15) is 22.8 Å². The number of aromatic amines is 1. The van der Waals surface area contributed by atoms with E-state index >= 15 is 0 Å². The molecule has 0 radical (unpaired) electrons. The number of carbonyl (C=O) groups is 2. The number of hydrogen-bond donors (Lipinski definition) is 3. The van der Waals surface area contributed by atoms with Crippen molar-refractivity contribution in [1.29, 1.82) is 0 Å². The number of alkyl halides is 3. The average molecular weight is 387 g/mol. The summed E-state index contributed by atoms with van der Waals surface area (Å²) in [6.45, 7) is 1.45. The smallest absolute Gasteiger partial charge is 0.451 e. The van der Waals surface area contributed by atoms with Gasteiger partial charge in [0.1, 0.15) is 5.82 Å². The molecule has 0 aliphatic heterocycles. The van der Waals surface area contributed by atoms with Crippen molar-refractivity contribution in [2.75, 3.05) is 0 Å². The lowest BCUT2D eigenvalue weighted by Gasteiger charge is -2.26. The van der Waals surface area contributed by atoms with Crippen molar-refractivity contribution in [3.05, 3.63) is 17.5 Å². The molecule has 1 aliphatic carbocycles. The van der Waals surface area contributed by atoms with Crippen molar-refractivity contribution >= 4 is 11.9 Å². The highest BCUT2D eigenvalue weighted by molar-refractivity contribution is 5.90. The Kier molecular flexibility index (Phi) is 4.85. The van der Waals surface area contributed by atoms with E-state index in [1.54, 1.807) is 5.10 Å². The van der Waals surface area contributed by atoms with Crippen LogP contribution >= 0.6 is 0 Å². The fourth-order valence-electron chi connectivity index (χ4n) is 2.88. The number of halogens is 3. The standard InChI is InChI=1S/C14H16F3N7O3/c1-6-18-9(10(25)19-8-4-2-7(3-5-8)11(26)27)23-24(6)13-20-12(21-22-13)14(15,16)17/h7-8H,2-5H2,1H3,(H,19,25)(H,26,27)(H,20,21,22). The summed E-state index contributed by atoms with van der Waals surface area (Å²) in [6, 6.07) is -0.208. The van der Waals surface area contributed by atoms with Crippen LogP contribution in [0.4, 0.5) is 13.2 Å². The van der Waals surface area contributed by atoms with E-state index in [1.807, 2.05) is 0 Å². The van der Waals surface area contributed by atoms with Crippen LogP contribution in [0.5, 0.6) is 0 Å². The molecule has 2 heterocycles. The predicted molar refractivity (Wildman–Crippen MR) is 81.9 cm³/mol. The molecular formula is C14H16F3N7O3. The minimum absolute atomic E-state index is 0.141. The van der Waals surface area contributed by atoms with Crippen LogP contribution in [-0.4, -0.2) is 53.0 Å². The molecule has 0 atom stereocenters. The first-order chi connectivity index (χ1) is 12.6. The third-order valence-corrected chi connectivity index (χ3v) is 4.32. The molecular weight excluding hydrogens is 371 g/mol. The van der Waals surface area contributed by atoms with E-state index in [2.05, 4.69) is 25.5 Å². The van der Waals surface area contributed by atoms with Gasteiger partial charge in [-0.2, -0.15) is 22.8 Å². The zero-order chi connectivity index (χ0) is 19.8. The van der Waals surface area contributed by atoms with Crippen LogP contribution in [0, 0.1) is 12.8 Å². The monoisotopic (exact) mass is 387 g/mol. The van der Waals surface area contributed by atoms with Gasteiger partial charge >= 0.3 is 12.1 Å². The first-order valence-electron chi connectivity index (χ1n) is 8.12. The summed E-state index contributed by atoms with van der Waals surface area (Å²) < 4.78 is 38.8. The molecule has 2 aromatic heterocycles. The van der Waals surface area contributed by atoms with Crippen molar-refractivity contribution in [2.24, 2.45) is 5.92 Å². The molecule has 1 saturated carbocycles. The van der Waals surface area contributed by atoms with Gasteiger partial charge in [0.25, 0.3) is 11.9 Å². The zero-order valence-corrected chi connectivity index (χ0v) is 14.1. The molecule has 3 N–H and O–H groups in total. The third-order valence-electron chi connectivity index (χ3n) is 4.32. The quantitative estimate of drug-likeness (QED) is 0.713. The van der Waals surface area contributed by atoms with Crippen LogP contribution in [-0.2, 0) is 11.0 Å². The van der Waals surface area contributed by atoms with Gasteiger partial charge in [-0.25, -0.2) is 4.98 Å². The van der Waals surface area contributed by atoms with E-state index in [-0.39, 0.29) is 23.6 Å². The second-order valence-corrected chi connectivity index (χ2v) is 6.24. The number of carboxylic acid groups (broad SMARTS) is 1. The number of carbonyl (C=O) groups excluding carboxylic acids is 1. The number of H-pyrrole nitrogens is 1. The van der Waals surface area contributed by atoms with Gasteiger partial charge in [0.15, 0.2) is 0 Å². The molecule has 2 aromatic rings. The Morgan fingerprint density at radius 2 is 1.89 bits per heavy atom. The van der Waals surface area contributed by atoms with Crippen LogP contribution in [0.25, 0.3) is 5.95 Å². The van der Waals surface area contributed by atoms with Crippen molar-refractivity contribution in [1.82, 2.24) is 35.3 Å². The number of nitrogens with zero attached hydrogens (tertiary/aromatic N) is 5. The van der Waals surface area contributed by atoms with E-state index in [1.165, 1.54) is 6.92 Å². The van der Waals surface area contributed by atoms with Gasteiger partial charge in [-0.05, 0) is 32.6 Å². The lowest BCUT2D eigenvalue weighted by atomic mass is 9.86. The fraction of sp³-hybridized carbons (Fsp3) is 0.571. The van der Waals surface area contributed by atoms with Gasteiger partial charge in [0.05, 0.1) is 5.92 Å². The SMILES string of the molecule is Cc1nc(C(=O)NC2CCC(C(=O)O)CC2)nn1-c1n[nH]c(C(F)(F)F)n1. The van der Waals surface area contributed by atoms with Crippen molar-refractivity contribution in [3.63, 3.8) is 0 Å². The first-order valence-corrected chi connectivity index (χ1v) is 8.12. The highest BCUT2D eigenvalue weighted by atomic mass is 19.4. The Hall–Kier alpha value is -2.99. The number of amides is 1. The molecule has 1 fully saturated rings. The Morgan fingerprint density at radius 3 is 2.44 bits per heavy atom. The molecule has 1 aliphatic rings. The van der Waals surface area contributed by atoms with E-state index in [0.717, 1.165) is 4.68 Å². The zero-order valence-electron chi connectivity index (χ0n) is 14.1. The van der Waals surface area contributed by atoms with Gasteiger partial charge in [-0.3, -0.25) is 14.7 Å². The minimum Gasteiger partial charge on any atom is -0.481 e. The molecule has 13 heteroatoms.